The van der Waals surface area contributed by atoms with Gasteiger partial charge in [0.25, 0.3) is 0 Å². The van der Waals surface area contributed by atoms with Gasteiger partial charge in [-0.3, -0.25) is 9.80 Å². The predicted octanol–water partition coefficient (Wildman–Crippen LogP) is 10.3. The quantitative estimate of drug-likeness (QED) is 0.0349. The molecule has 0 fully saturated rings. The molecule has 0 aliphatic carbocycles. The second-order valence-electron chi connectivity index (χ2n) is 16.7. The number of allylic oxidation sites excluding steroid dienone is 4. The first-order chi connectivity index (χ1) is 26.0. The van der Waals surface area contributed by atoms with Crippen molar-refractivity contribution in [2.75, 3.05) is 39.3 Å². The molecule has 0 saturated heterocycles. The fourth-order valence-corrected chi connectivity index (χ4v) is 7.44. The van der Waals surface area contributed by atoms with Crippen molar-refractivity contribution in [3.63, 3.8) is 0 Å². The third kappa shape index (κ3) is 45.7. The summed E-state index contributed by atoms with van der Waals surface area (Å²) in [6, 6.07) is 0. The fourth-order valence-electron chi connectivity index (χ4n) is 7.44. The van der Waals surface area contributed by atoms with E-state index < -0.39 is 11.9 Å². The molecular weight excluding hydrogens is 709 g/mol. The van der Waals surface area contributed by atoms with Crippen LogP contribution in [0.5, 0.6) is 0 Å². The number of aliphatic carboxylic acids is 2. The maximum absolute atomic E-state index is 11.1. The molecule has 55 heavy (non-hydrogen) atoms. The van der Waals surface area contributed by atoms with Crippen LogP contribution in [-0.4, -0.2) is 98.7 Å². The summed E-state index contributed by atoms with van der Waals surface area (Å²) in [5.41, 5.74) is 0. The van der Waals surface area contributed by atoms with Crippen LogP contribution in [0.2, 0.25) is 0 Å². The smallest absolute Gasteiger partial charge is 0.549 e. The Morgan fingerprint density at radius 1 is 0.418 bits per heavy atom. The maximum atomic E-state index is 11.1. The molecule has 7 heteroatoms. The van der Waals surface area contributed by atoms with Crippen LogP contribution in [0.4, 0.5) is 0 Å². The minimum atomic E-state index is -0.955. The molecule has 0 aromatic rings. The molecule has 0 aliphatic heterocycles. The molecule has 316 valence electrons. The van der Waals surface area contributed by atoms with Crippen molar-refractivity contribution in [2.45, 2.75) is 182 Å². The first-order valence-corrected chi connectivity index (χ1v) is 22.3. The molecule has 0 aliphatic rings. The van der Waals surface area contributed by atoms with E-state index in [4.69, 9.17) is 0 Å². The van der Waals surface area contributed by atoms with Crippen molar-refractivity contribution < 1.29 is 19.8 Å². The van der Waals surface area contributed by atoms with Gasteiger partial charge in [-0.25, -0.2) is 0 Å². The molecule has 0 radical (unpaired) electrons. The topological polar surface area (TPSA) is 86.7 Å². The largest absolute Gasteiger partial charge is 2.00 e. The van der Waals surface area contributed by atoms with Crippen LogP contribution in [0.3, 0.4) is 0 Å². The average Bonchev–Trinajstić information content (AvgIpc) is 3.10. The van der Waals surface area contributed by atoms with Crippen molar-refractivity contribution in [2.24, 2.45) is 23.7 Å². The summed E-state index contributed by atoms with van der Waals surface area (Å²) in [6.45, 7) is 27.6. The Balaban J connectivity index is -0.000000966. The Morgan fingerprint density at radius 2 is 0.618 bits per heavy atom. The number of carbonyl (C=O) groups excluding carboxylic acids is 2. The summed E-state index contributed by atoms with van der Waals surface area (Å²) >= 11 is 0. The van der Waals surface area contributed by atoms with Gasteiger partial charge in [0.15, 0.2) is 0 Å². The van der Waals surface area contributed by atoms with Crippen LogP contribution in [0.1, 0.15) is 182 Å². The van der Waals surface area contributed by atoms with E-state index in [-0.39, 0.29) is 50.8 Å². The van der Waals surface area contributed by atoms with Crippen molar-refractivity contribution in [3.05, 3.63) is 50.6 Å². The number of unbranched alkanes of at least 4 members (excludes halogenated alkanes) is 16. The second kappa shape index (κ2) is 44.2. The molecule has 0 amide bonds. The molecule has 0 aromatic heterocycles. The van der Waals surface area contributed by atoms with Gasteiger partial charge in [0, 0.05) is 39.3 Å². The van der Waals surface area contributed by atoms with Crippen LogP contribution in [-0.2, 0) is 9.59 Å². The van der Waals surface area contributed by atoms with E-state index in [2.05, 4.69) is 63.8 Å². The second-order valence-corrected chi connectivity index (χ2v) is 16.7. The van der Waals surface area contributed by atoms with Gasteiger partial charge in [0.1, 0.15) is 0 Å². The molecule has 6 nitrogen and oxygen atoms in total. The van der Waals surface area contributed by atoms with Crippen LogP contribution >= 0.6 is 0 Å². The number of carbonyl (C=O) groups is 2. The van der Waals surface area contributed by atoms with Crippen LogP contribution in [0.15, 0.2) is 50.6 Å². The number of hydrogen-bond acceptors (Lipinski definition) is 6. The Morgan fingerprint density at radius 3 is 0.800 bits per heavy atom. The van der Waals surface area contributed by atoms with Crippen molar-refractivity contribution in [1.82, 2.24) is 9.80 Å². The third-order valence-electron chi connectivity index (χ3n) is 10.4. The van der Waals surface area contributed by atoms with E-state index in [0.717, 1.165) is 51.9 Å². The Bertz CT molecular complexity index is 784. The van der Waals surface area contributed by atoms with Gasteiger partial charge in [0.2, 0.25) is 0 Å². The van der Waals surface area contributed by atoms with Gasteiger partial charge in [0.05, 0.1) is 11.9 Å². The first kappa shape index (κ1) is 58.4. The zero-order valence-electron chi connectivity index (χ0n) is 36.9. The Hall–Kier alpha value is -0.920. The number of carboxylic acids is 2. The van der Waals surface area contributed by atoms with Gasteiger partial charge in [-0.1, -0.05) is 129 Å². The predicted molar refractivity (Wildman–Crippen MR) is 237 cm³/mol. The van der Waals surface area contributed by atoms with Crippen molar-refractivity contribution in [1.29, 1.82) is 0 Å². The van der Waals surface area contributed by atoms with Crippen LogP contribution in [0, 0.1) is 23.7 Å². The minimum absolute atomic E-state index is 0. The zero-order chi connectivity index (χ0) is 40.7. The number of nitrogens with zero attached hydrogens (tertiary/aromatic N) is 2. The van der Waals surface area contributed by atoms with E-state index in [0.29, 0.717) is 23.7 Å². The molecule has 0 spiro atoms. The van der Waals surface area contributed by atoms with E-state index in [1.54, 1.807) is 0 Å². The standard InChI is InChI=1S/2C24H45NO2.Ca/c2*1-5-7-9-11-13-15-17-22(3)19-25(21-24(26)27)20-23(4)18-16-14-12-10-8-6-2;/h2*5-6,22-23H,1-2,7-21H2,3-4H3,(H,26,27);/q;;+2/p-2. The molecule has 0 N–H and O–H groups in total. The number of hydrogen-bond donors (Lipinski definition) is 0. The van der Waals surface area contributed by atoms with E-state index in [9.17, 15) is 19.8 Å². The molecule has 0 rings (SSSR count). The van der Waals surface area contributed by atoms with Crippen LogP contribution in [0.25, 0.3) is 0 Å². The third-order valence-corrected chi connectivity index (χ3v) is 10.4. The van der Waals surface area contributed by atoms with Crippen molar-refractivity contribution in [3.8, 4) is 0 Å². The number of carboxylic acid groups (broad SMARTS) is 2. The molecule has 0 aromatic carbocycles. The van der Waals surface area contributed by atoms with E-state index in [1.165, 1.54) is 128 Å². The minimum Gasteiger partial charge on any atom is -0.549 e. The summed E-state index contributed by atoms with van der Waals surface area (Å²) < 4.78 is 0. The van der Waals surface area contributed by atoms with E-state index in [1.807, 2.05) is 24.3 Å². The van der Waals surface area contributed by atoms with Gasteiger partial charge in [-0.05, 0) is 101 Å². The van der Waals surface area contributed by atoms with Crippen molar-refractivity contribution >= 4 is 49.7 Å². The van der Waals surface area contributed by atoms with Gasteiger partial charge in [-0.15, -0.1) is 26.3 Å². The fraction of sp³-hybridized carbons (Fsp3) is 0.792. The molecule has 4 unspecified atom stereocenters. The zero-order valence-corrected chi connectivity index (χ0v) is 39.1. The van der Waals surface area contributed by atoms with Gasteiger partial charge in [-0.2, -0.15) is 0 Å². The monoisotopic (exact) mass is 797 g/mol. The summed E-state index contributed by atoms with van der Waals surface area (Å²) in [4.78, 5) is 26.4. The Labute approximate surface area is 372 Å². The normalized spacial score (nSPS) is 13.2. The maximum Gasteiger partial charge on any atom is 2.00 e. The molecule has 0 bridgehead atoms. The summed E-state index contributed by atoms with van der Waals surface area (Å²) in [7, 11) is 0. The molecular formula is C48H88CaN2O4. The van der Waals surface area contributed by atoms with Gasteiger partial charge < -0.3 is 19.8 Å². The molecule has 0 heterocycles. The number of rotatable bonds is 40. The summed E-state index contributed by atoms with van der Waals surface area (Å²) in [5.74, 6) is 0.237. The van der Waals surface area contributed by atoms with E-state index >= 15 is 0 Å². The summed E-state index contributed by atoms with van der Waals surface area (Å²) in [5, 5.41) is 22.3. The summed E-state index contributed by atoms with van der Waals surface area (Å²) in [6.07, 6.45) is 37.1. The van der Waals surface area contributed by atoms with Gasteiger partial charge >= 0.3 is 37.7 Å². The Kier molecular flexibility index (Phi) is 46.9. The average molecular weight is 797 g/mol. The SMILES string of the molecule is C=CCCCCCCC(C)CN(CC(=O)[O-])CC(C)CCCCCCC=C.C=CCCCCCCC(C)CN(CC(=O)[O-])CC(C)CCCCCCC=C.[Ca+2]. The van der Waals surface area contributed by atoms with Crippen LogP contribution < -0.4 is 10.2 Å². The molecule has 4 atom stereocenters. The first-order valence-electron chi connectivity index (χ1n) is 22.3. The molecule has 0 saturated carbocycles.